The van der Waals surface area contributed by atoms with Crippen LogP contribution in [0.2, 0.25) is 0 Å². The van der Waals surface area contributed by atoms with Crippen LogP contribution in [-0.4, -0.2) is 61.3 Å². The van der Waals surface area contributed by atoms with Gasteiger partial charge in [0.1, 0.15) is 0 Å². The van der Waals surface area contributed by atoms with Crippen LogP contribution >= 0.6 is 0 Å². The number of carbonyl (C=O) groups excluding carboxylic acids is 2. The fourth-order valence-electron chi connectivity index (χ4n) is 1.21. The Morgan fingerprint density at radius 3 is 2.44 bits per heavy atom. The Morgan fingerprint density at radius 2 is 1.75 bits per heavy atom. The number of allylic oxidation sites excluding steroid dienone is 2. The molecule has 2 unspecified atom stereocenters. The van der Waals surface area contributed by atoms with Crippen LogP contribution in [0.4, 0.5) is 0 Å². The molecular formula is C9H7O6Tl. The van der Waals surface area contributed by atoms with Crippen molar-refractivity contribution in [3.63, 3.8) is 0 Å². The summed E-state index contributed by atoms with van der Waals surface area (Å²) in [6.07, 6.45) is -0.584. The molecule has 0 aliphatic carbocycles. The first-order valence-electron chi connectivity index (χ1n) is 4.48. The van der Waals surface area contributed by atoms with E-state index >= 15 is 0 Å². The van der Waals surface area contributed by atoms with Gasteiger partial charge in [-0.05, 0) is 0 Å². The van der Waals surface area contributed by atoms with Gasteiger partial charge in [0.25, 0.3) is 0 Å². The van der Waals surface area contributed by atoms with E-state index in [9.17, 15) is 19.8 Å². The second kappa shape index (κ2) is 4.55. The summed E-state index contributed by atoms with van der Waals surface area (Å²) in [6.45, 7) is 0. The fraction of sp³-hybridized carbons (Fsp3) is 0.222. The van der Waals surface area contributed by atoms with E-state index in [2.05, 4.69) is 0 Å². The SMILES string of the molecule is O=C1OC2=CC=[CH][Tl]=[C]2OC(=O)C(O)C1O. The Kier molecular flexibility index (Phi) is 3.31. The maximum atomic E-state index is 11.3. The first kappa shape index (κ1) is 11.6. The molecule has 7 heteroatoms. The number of rotatable bonds is 0. The molecule has 0 aromatic rings. The van der Waals surface area contributed by atoms with Crippen molar-refractivity contribution < 1.29 is 29.3 Å². The van der Waals surface area contributed by atoms with Crippen LogP contribution in [0.3, 0.4) is 0 Å². The van der Waals surface area contributed by atoms with Crippen molar-refractivity contribution >= 4 is 38.9 Å². The van der Waals surface area contributed by atoms with Gasteiger partial charge < -0.3 is 0 Å². The van der Waals surface area contributed by atoms with E-state index in [1.54, 1.807) is 6.08 Å². The van der Waals surface area contributed by atoms with E-state index in [0.717, 1.165) is 0 Å². The van der Waals surface area contributed by atoms with Crippen LogP contribution in [-0.2, 0) is 19.1 Å². The van der Waals surface area contributed by atoms with Crippen molar-refractivity contribution in [2.75, 3.05) is 0 Å². The molecule has 0 bridgehead atoms. The average molecular weight is 416 g/mol. The number of esters is 2. The third-order valence-electron chi connectivity index (χ3n) is 2.05. The van der Waals surface area contributed by atoms with E-state index < -0.39 is 47.9 Å². The van der Waals surface area contributed by atoms with Gasteiger partial charge in [0.15, 0.2) is 0 Å². The molecule has 0 aromatic carbocycles. The molecule has 2 heterocycles. The molecule has 2 aliphatic rings. The van der Waals surface area contributed by atoms with Gasteiger partial charge in [0.05, 0.1) is 0 Å². The summed E-state index contributed by atoms with van der Waals surface area (Å²) in [7, 11) is 0. The number of hydrogen-bond acceptors (Lipinski definition) is 6. The van der Waals surface area contributed by atoms with Crippen LogP contribution < -0.4 is 0 Å². The number of fused-ring (bicyclic) bond motifs is 1. The van der Waals surface area contributed by atoms with E-state index in [1.807, 2.05) is 3.64 Å². The topological polar surface area (TPSA) is 93.1 Å². The van der Waals surface area contributed by atoms with Crippen LogP contribution in [0, 0.1) is 0 Å². The van der Waals surface area contributed by atoms with Crippen molar-refractivity contribution in [1.29, 1.82) is 0 Å². The van der Waals surface area contributed by atoms with Gasteiger partial charge >= 0.3 is 102 Å². The normalized spacial score (nSPS) is 28.6. The first-order valence-corrected chi connectivity index (χ1v) is 9.32. The number of ether oxygens (including phenoxy) is 2. The molecule has 0 spiro atoms. The van der Waals surface area contributed by atoms with Crippen LogP contribution in [0.5, 0.6) is 0 Å². The van der Waals surface area contributed by atoms with Crippen molar-refractivity contribution in [3.05, 3.63) is 21.5 Å². The van der Waals surface area contributed by atoms with E-state index in [4.69, 9.17) is 9.47 Å². The van der Waals surface area contributed by atoms with Gasteiger partial charge in [0.2, 0.25) is 0 Å². The Bertz CT molecular complexity index is 395. The summed E-state index contributed by atoms with van der Waals surface area (Å²) in [5, 5.41) is 18.5. The number of aliphatic hydroxyl groups is 2. The van der Waals surface area contributed by atoms with Crippen molar-refractivity contribution in [3.8, 4) is 0 Å². The van der Waals surface area contributed by atoms with Crippen molar-refractivity contribution in [2.24, 2.45) is 0 Å². The van der Waals surface area contributed by atoms with Gasteiger partial charge in [-0.3, -0.25) is 0 Å². The molecule has 82 valence electrons. The Morgan fingerprint density at radius 1 is 1.12 bits per heavy atom. The fourth-order valence-corrected chi connectivity index (χ4v) is 4.72. The Labute approximate surface area is 102 Å². The number of aliphatic hydroxyl groups excluding tert-OH is 2. The summed E-state index contributed by atoms with van der Waals surface area (Å²) in [6, 6.07) is 0. The minimum atomic E-state index is -1.91. The van der Waals surface area contributed by atoms with E-state index in [0.29, 0.717) is 3.24 Å². The van der Waals surface area contributed by atoms with Gasteiger partial charge in [-0.2, -0.15) is 0 Å². The summed E-state index contributed by atoms with van der Waals surface area (Å²) < 4.78 is 12.0. The van der Waals surface area contributed by atoms with Crippen molar-refractivity contribution in [1.82, 2.24) is 0 Å². The summed E-state index contributed by atoms with van der Waals surface area (Å²) in [5.41, 5.74) is 0. The molecule has 1 saturated heterocycles. The zero-order chi connectivity index (χ0) is 11.7. The van der Waals surface area contributed by atoms with Gasteiger partial charge in [-0.25, -0.2) is 0 Å². The molecule has 2 aliphatic heterocycles. The summed E-state index contributed by atoms with van der Waals surface area (Å²) in [5.74, 6) is -1.90. The quantitative estimate of drug-likeness (QED) is 0.353. The molecule has 2 N–H and O–H groups in total. The van der Waals surface area contributed by atoms with E-state index in [-0.39, 0.29) is 5.76 Å². The van der Waals surface area contributed by atoms with Crippen LogP contribution in [0.15, 0.2) is 21.5 Å². The number of carbonyl (C=O) groups is 2. The molecule has 0 amide bonds. The predicted molar refractivity (Wildman–Crippen MR) is 52.2 cm³/mol. The van der Waals surface area contributed by atoms with Gasteiger partial charge in [-0.1, -0.05) is 0 Å². The van der Waals surface area contributed by atoms with Gasteiger partial charge in [-0.15, -0.1) is 0 Å². The second-order valence-electron chi connectivity index (χ2n) is 3.18. The molecule has 0 saturated carbocycles. The van der Waals surface area contributed by atoms with Crippen molar-refractivity contribution in [2.45, 2.75) is 12.2 Å². The monoisotopic (exact) mass is 416 g/mol. The Hall–Kier alpha value is -0.868. The second-order valence-corrected chi connectivity index (χ2v) is 8.01. The van der Waals surface area contributed by atoms with Crippen LogP contribution in [0.25, 0.3) is 0 Å². The number of hydrogen-bond donors (Lipinski definition) is 2. The van der Waals surface area contributed by atoms with Gasteiger partial charge in [0, 0.05) is 0 Å². The third-order valence-corrected chi connectivity index (χ3v) is 6.41. The molecule has 0 aromatic heterocycles. The molecule has 2 atom stereocenters. The molecular weight excluding hydrogens is 408 g/mol. The maximum absolute atomic E-state index is 11.3. The molecule has 1 fully saturated rings. The summed E-state index contributed by atoms with van der Waals surface area (Å²) in [4.78, 5) is 22.6. The first-order chi connectivity index (χ1) is 7.59. The molecule has 0 radical (unpaired) electrons. The molecule has 6 nitrogen and oxygen atoms in total. The molecule has 16 heavy (non-hydrogen) atoms. The third kappa shape index (κ3) is 2.13. The summed E-state index contributed by atoms with van der Waals surface area (Å²) >= 11 is -1.59. The minimum absolute atomic E-state index is 0.168. The average Bonchev–Trinajstić information content (AvgIpc) is 2.28. The van der Waals surface area contributed by atoms with E-state index in [1.165, 1.54) is 6.08 Å². The Balaban J connectivity index is 2.35. The zero-order valence-electron chi connectivity index (χ0n) is 7.99. The predicted octanol–water partition coefficient (Wildman–Crippen LogP) is -1.95. The standard InChI is InChI=1S/C9H7O6.Tl/c1-2-3-5-4-14-8(12)6(10)7(11)9(13)15-5;/h1-3,6-7,10-11H;. The zero-order valence-corrected chi connectivity index (χ0v) is 12.5. The molecule has 2 rings (SSSR count). The van der Waals surface area contributed by atoms with Crippen LogP contribution in [0.1, 0.15) is 0 Å².